The second kappa shape index (κ2) is 12.4. The highest BCUT2D eigenvalue weighted by molar-refractivity contribution is 5.92. The monoisotopic (exact) mass is 537 g/mol. The molecular formula is C30H34F3N5O. The highest BCUT2D eigenvalue weighted by Crippen LogP contribution is 2.29. The van der Waals surface area contributed by atoms with Crippen LogP contribution < -0.4 is 5.32 Å². The van der Waals surface area contributed by atoms with E-state index in [0.717, 1.165) is 55.0 Å². The number of alkyl halides is 3. The van der Waals surface area contributed by atoms with Crippen molar-refractivity contribution in [3.63, 3.8) is 0 Å². The molecule has 1 amide bonds. The summed E-state index contributed by atoms with van der Waals surface area (Å²) in [4.78, 5) is 26.4. The van der Waals surface area contributed by atoms with E-state index in [1.54, 1.807) is 18.5 Å². The van der Waals surface area contributed by atoms with Crippen molar-refractivity contribution in [2.75, 3.05) is 18.4 Å². The van der Waals surface area contributed by atoms with Gasteiger partial charge in [0.05, 0.1) is 5.56 Å². The maximum absolute atomic E-state index is 13.5. The Hall–Kier alpha value is -3.72. The van der Waals surface area contributed by atoms with Crippen molar-refractivity contribution in [3.05, 3.63) is 89.4 Å². The standard InChI is InChI=1S/C30H34F3N5O/c1-21(2)37-16-4-5-27(20-37)38(29(39)13-9-23-6-10-25(11-7-23)30(31,32)33)19-24-8-12-28(35-18-24)36-26-14-15-34-22(3)17-26/h6-15,17-18,21,27H,4-5,16,19-20H2,1-3H3,(H,34,35,36). The molecule has 6 nitrogen and oxygen atoms in total. The van der Waals surface area contributed by atoms with E-state index < -0.39 is 11.7 Å². The zero-order chi connectivity index (χ0) is 28.0. The molecule has 4 rings (SSSR count). The Balaban J connectivity index is 1.50. The molecule has 1 saturated heterocycles. The molecule has 1 aliphatic heterocycles. The van der Waals surface area contributed by atoms with Gasteiger partial charge in [-0.25, -0.2) is 4.98 Å². The van der Waals surface area contributed by atoms with Crippen molar-refractivity contribution in [3.8, 4) is 0 Å². The number of anilines is 2. The van der Waals surface area contributed by atoms with Crippen LogP contribution in [0.15, 0.2) is 67.0 Å². The van der Waals surface area contributed by atoms with Crippen molar-refractivity contribution >= 4 is 23.5 Å². The van der Waals surface area contributed by atoms with Gasteiger partial charge in [0.15, 0.2) is 0 Å². The van der Waals surface area contributed by atoms with Crippen molar-refractivity contribution in [2.45, 2.75) is 58.4 Å². The summed E-state index contributed by atoms with van der Waals surface area (Å²) in [5.41, 5.74) is 2.51. The highest BCUT2D eigenvalue weighted by Gasteiger charge is 2.30. The predicted molar refractivity (Wildman–Crippen MR) is 147 cm³/mol. The number of pyridine rings is 2. The Bertz CT molecular complexity index is 1270. The molecule has 1 unspecified atom stereocenters. The van der Waals surface area contributed by atoms with Crippen LogP contribution in [-0.2, 0) is 17.5 Å². The number of aromatic nitrogens is 2. The van der Waals surface area contributed by atoms with Crippen LogP contribution in [0.1, 0.15) is 49.1 Å². The summed E-state index contributed by atoms with van der Waals surface area (Å²) in [5, 5.41) is 3.26. The first kappa shape index (κ1) is 28.3. The number of carbonyl (C=O) groups excluding carboxylic acids is 1. The summed E-state index contributed by atoms with van der Waals surface area (Å²) in [6.45, 7) is 8.37. The zero-order valence-corrected chi connectivity index (χ0v) is 22.4. The lowest BCUT2D eigenvalue weighted by Crippen LogP contribution is -2.51. The van der Waals surface area contributed by atoms with E-state index in [4.69, 9.17) is 0 Å². The van der Waals surface area contributed by atoms with Crippen LogP contribution in [0.5, 0.6) is 0 Å². The first-order valence-electron chi connectivity index (χ1n) is 13.1. The smallest absolute Gasteiger partial charge is 0.340 e. The molecule has 3 aromatic rings. The Kier molecular flexibility index (Phi) is 9.01. The lowest BCUT2D eigenvalue weighted by Gasteiger charge is -2.40. The topological polar surface area (TPSA) is 61.4 Å². The van der Waals surface area contributed by atoms with Gasteiger partial charge in [0.25, 0.3) is 0 Å². The molecule has 1 atom stereocenters. The fraction of sp³-hybridized carbons (Fsp3) is 0.367. The summed E-state index contributed by atoms with van der Waals surface area (Å²) >= 11 is 0. The average molecular weight is 538 g/mol. The van der Waals surface area contributed by atoms with E-state index in [9.17, 15) is 18.0 Å². The third kappa shape index (κ3) is 7.89. The maximum atomic E-state index is 13.5. The minimum absolute atomic E-state index is 0.0171. The van der Waals surface area contributed by atoms with Gasteiger partial charge >= 0.3 is 6.18 Å². The van der Waals surface area contributed by atoms with E-state index in [1.165, 1.54) is 18.2 Å². The van der Waals surface area contributed by atoms with Gasteiger partial charge in [-0.05, 0) is 87.7 Å². The molecule has 39 heavy (non-hydrogen) atoms. The molecule has 0 bridgehead atoms. The predicted octanol–water partition coefficient (Wildman–Crippen LogP) is 6.46. The Labute approximate surface area is 227 Å². The third-order valence-electron chi connectivity index (χ3n) is 6.89. The number of amides is 1. The largest absolute Gasteiger partial charge is 0.416 e. The molecule has 206 valence electrons. The molecule has 0 radical (unpaired) electrons. The van der Waals surface area contributed by atoms with Crippen LogP contribution in [0.2, 0.25) is 0 Å². The second-order valence-corrected chi connectivity index (χ2v) is 10.2. The van der Waals surface area contributed by atoms with Gasteiger partial charge in [-0.15, -0.1) is 0 Å². The molecule has 1 aliphatic rings. The number of hydrogen-bond acceptors (Lipinski definition) is 5. The Morgan fingerprint density at radius 3 is 2.56 bits per heavy atom. The summed E-state index contributed by atoms with van der Waals surface area (Å²) in [6.07, 6.45) is 4.00. The fourth-order valence-electron chi connectivity index (χ4n) is 4.70. The number of benzene rings is 1. The van der Waals surface area contributed by atoms with Gasteiger partial charge in [-0.1, -0.05) is 18.2 Å². The summed E-state index contributed by atoms with van der Waals surface area (Å²) in [5.74, 6) is 0.507. The number of carbonyl (C=O) groups is 1. The van der Waals surface area contributed by atoms with Crippen LogP contribution in [0.25, 0.3) is 6.08 Å². The Morgan fingerprint density at radius 2 is 1.92 bits per heavy atom. The van der Waals surface area contributed by atoms with Gasteiger partial charge in [-0.3, -0.25) is 14.7 Å². The molecule has 2 aromatic heterocycles. The number of nitrogens with zero attached hydrogens (tertiary/aromatic N) is 4. The number of halogens is 3. The minimum Gasteiger partial charge on any atom is -0.340 e. The molecule has 1 aromatic carbocycles. The Morgan fingerprint density at radius 1 is 1.15 bits per heavy atom. The molecular weight excluding hydrogens is 503 g/mol. The fourth-order valence-corrected chi connectivity index (χ4v) is 4.70. The molecule has 1 N–H and O–H groups in total. The summed E-state index contributed by atoms with van der Waals surface area (Å²) < 4.78 is 38.7. The molecule has 0 saturated carbocycles. The normalized spacial score (nSPS) is 16.5. The van der Waals surface area contributed by atoms with Gasteiger partial charge in [0.1, 0.15) is 5.82 Å². The summed E-state index contributed by atoms with van der Waals surface area (Å²) in [7, 11) is 0. The van der Waals surface area contributed by atoms with Crippen molar-refractivity contribution in [2.24, 2.45) is 0 Å². The van der Waals surface area contributed by atoms with Crippen LogP contribution >= 0.6 is 0 Å². The van der Waals surface area contributed by atoms with Gasteiger partial charge in [-0.2, -0.15) is 13.2 Å². The van der Waals surface area contributed by atoms with Crippen molar-refractivity contribution in [1.29, 1.82) is 0 Å². The first-order valence-corrected chi connectivity index (χ1v) is 13.1. The molecule has 3 heterocycles. The average Bonchev–Trinajstić information content (AvgIpc) is 2.91. The number of rotatable bonds is 8. The lowest BCUT2D eigenvalue weighted by atomic mass is 10.0. The number of piperidine rings is 1. The first-order chi connectivity index (χ1) is 18.6. The van der Waals surface area contributed by atoms with Crippen LogP contribution in [-0.4, -0.2) is 50.8 Å². The van der Waals surface area contributed by atoms with Crippen molar-refractivity contribution < 1.29 is 18.0 Å². The van der Waals surface area contributed by atoms with E-state index in [1.807, 2.05) is 36.1 Å². The SMILES string of the molecule is Cc1cc(Nc2ccc(CN(C(=O)C=Cc3ccc(C(F)(F)F)cc3)C3CCCN(C(C)C)C3)cn2)ccn1. The molecule has 9 heteroatoms. The van der Waals surface area contributed by atoms with Crippen molar-refractivity contribution in [1.82, 2.24) is 19.8 Å². The molecule has 1 fully saturated rings. The van der Waals surface area contributed by atoms with E-state index in [2.05, 4.69) is 34.0 Å². The zero-order valence-electron chi connectivity index (χ0n) is 22.4. The highest BCUT2D eigenvalue weighted by atomic mass is 19.4. The number of likely N-dealkylation sites (tertiary alicyclic amines) is 1. The number of hydrogen-bond donors (Lipinski definition) is 1. The second-order valence-electron chi connectivity index (χ2n) is 10.2. The molecule has 0 spiro atoms. The van der Waals surface area contributed by atoms with E-state index in [0.29, 0.717) is 24.0 Å². The number of aryl methyl sites for hydroxylation is 1. The van der Waals surface area contributed by atoms with Gasteiger partial charge in [0.2, 0.25) is 5.91 Å². The number of nitrogens with one attached hydrogen (secondary N) is 1. The lowest BCUT2D eigenvalue weighted by molar-refractivity contribution is -0.137. The van der Waals surface area contributed by atoms with Gasteiger partial charge in [0, 0.05) is 55.0 Å². The van der Waals surface area contributed by atoms with Crippen LogP contribution in [0.4, 0.5) is 24.7 Å². The minimum atomic E-state index is -4.39. The molecule has 0 aliphatic carbocycles. The van der Waals surface area contributed by atoms with Crippen LogP contribution in [0.3, 0.4) is 0 Å². The quantitative estimate of drug-likeness (QED) is 0.334. The maximum Gasteiger partial charge on any atom is 0.416 e. The third-order valence-corrected chi connectivity index (χ3v) is 6.89. The summed E-state index contributed by atoms with van der Waals surface area (Å²) in [6, 6.07) is 12.8. The van der Waals surface area contributed by atoms with E-state index >= 15 is 0 Å². The van der Waals surface area contributed by atoms with Gasteiger partial charge < -0.3 is 10.2 Å². The van der Waals surface area contributed by atoms with E-state index in [-0.39, 0.29) is 11.9 Å². The van der Waals surface area contributed by atoms with Crippen LogP contribution in [0, 0.1) is 6.92 Å².